The van der Waals surface area contributed by atoms with E-state index in [0.29, 0.717) is 5.56 Å². The number of nitrogens with one attached hydrogen (secondary N) is 3. The number of amides is 4. The number of hydrogen-bond donors (Lipinski definition) is 9. The summed E-state index contributed by atoms with van der Waals surface area (Å²) in [7, 11) is 0. The van der Waals surface area contributed by atoms with Crippen molar-refractivity contribution in [2.24, 2.45) is 11.5 Å². The summed E-state index contributed by atoms with van der Waals surface area (Å²) in [4.78, 5) is 59.7. The molecule has 10 N–H and O–H groups in total. The number of phenols is 1. The van der Waals surface area contributed by atoms with Gasteiger partial charge in [0, 0.05) is 5.75 Å². The summed E-state index contributed by atoms with van der Waals surface area (Å²) in [6, 6.07) is 0.484. The number of aromatic hydroxyl groups is 1. The van der Waals surface area contributed by atoms with E-state index in [1.54, 1.807) is 12.1 Å². The quantitative estimate of drug-likeness (QED) is 0.125. The second-order valence-electron chi connectivity index (χ2n) is 7.52. The fourth-order valence-electron chi connectivity index (χ4n) is 2.77. The molecule has 34 heavy (non-hydrogen) atoms. The number of hydrogen-bond acceptors (Lipinski definition) is 9. The fraction of sp³-hybridized carbons (Fsp3) is 0.450. The first-order valence-corrected chi connectivity index (χ1v) is 10.7. The number of rotatable bonds is 13. The van der Waals surface area contributed by atoms with Gasteiger partial charge in [-0.05, 0) is 31.0 Å². The van der Waals surface area contributed by atoms with E-state index in [9.17, 15) is 34.2 Å². The second-order valence-corrected chi connectivity index (χ2v) is 7.88. The van der Waals surface area contributed by atoms with Crippen LogP contribution in [0.25, 0.3) is 0 Å². The van der Waals surface area contributed by atoms with Crippen LogP contribution in [0.4, 0.5) is 0 Å². The summed E-state index contributed by atoms with van der Waals surface area (Å²) in [6.45, 7) is 1.18. The summed E-state index contributed by atoms with van der Waals surface area (Å²) in [5.41, 5.74) is 11.5. The minimum Gasteiger partial charge on any atom is -0.508 e. The number of phenolic OH excluding ortho intramolecular Hbond substituents is 1. The highest BCUT2D eigenvalue weighted by atomic mass is 32.1. The van der Waals surface area contributed by atoms with Crippen LogP contribution in [0.15, 0.2) is 24.3 Å². The third-order valence-corrected chi connectivity index (χ3v) is 4.99. The van der Waals surface area contributed by atoms with Crippen molar-refractivity contribution >= 4 is 42.2 Å². The molecule has 0 spiro atoms. The van der Waals surface area contributed by atoms with Crippen LogP contribution >= 0.6 is 12.6 Å². The van der Waals surface area contributed by atoms with Gasteiger partial charge < -0.3 is 42.7 Å². The largest absolute Gasteiger partial charge is 0.508 e. The summed E-state index contributed by atoms with van der Waals surface area (Å²) in [5, 5.41) is 35.0. The van der Waals surface area contributed by atoms with E-state index in [2.05, 4.69) is 23.3 Å². The number of aliphatic hydroxyl groups excluding tert-OH is 1. The van der Waals surface area contributed by atoms with E-state index in [-0.39, 0.29) is 17.9 Å². The SMILES string of the molecule is CC(O)C(NC(=O)C(CS)NC(=O)C(N)Cc1ccc(O)cc1)C(=O)NC(CC(N)=O)C(=O)O. The molecule has 1 rings (SSSR count). The van der Waals surface area contributed by atoms with Gasteiger partial charge in [0.2, 0.25) is 23.6 Å². The molecule has 14 heteroatoms. The molecule has 0 saturated carbocycles. The molecule has 1 aromatic rings. The van der Waals surface area contributed by atoms with Crippen LogP contribution in [0.3, 0.4) is 0 Å². The first-order chi connectivity index (χ1) is 15.8. The number of aliphatic hydroxyl groups is 1. The topological polar surface area (TPSA) is 234 Å². The predicted molar refractivity (Wildman–Crippen MR) is 123 cm³/mol. The summed E-state index contributed by atoms with van der Waals surface area (Å²) in [6.07, 6.45) is -2.04. The average Bonchev–Trinajstić information content (AvgIpc) is 2.75. The number of carboxylic acid groups (broad SMARTS) is 1. The molecule has 0 aliphatic heterocycles. The molecule has 0 fully saturated rings. The maximum atomic E-state index is 12.6. The molecule has 1 aromatic carbocycles. The summed E-state index contributed by atoms with van der Waals surface area (Å²) in [5.74, 6) is -5.30. The van der Waals surface area contributed by atoms with E-state index in [0.717, 1.165) is 0 Å². The lowest BCUT2D eigenvalue weighted by Gasteiger charge is -2.25. The minimum atomic E-state index is -1.67. The number of benzene rings is 1. The molecule has 188 valence electrons. The fourth-order valence-corrected chi connectivity index (χ4v) is 3.03. The maximum absolute atomic E-state index is 12.6. The Morgan fingerprint density at radius 1 is 0.971 bits per heavy atom. The van der Waals surface area contributed by atoms with Gasteiger partial charge in [0.15, 0.2) is 0 Å². The molecule has 0 radical (unpaired) electrons. The van der Waals surface area contributed by atoms with Crippen molar-refractivity contribution in [2.75, 3.05) is 5.75 Å². The van der Waals surface area contributed by atoms with Gasteiger partial charge in [0.1, 0.15) is 23.9 Å². The van der Waals surface area contributed by atoms with Crippen molar-refractivity contribution in [3.05, 3.63) is 29.8 Å². The highest BCUT2D eigenvalue weighted by molar-refractivity contribution is 7.80. The van der Waals surface area contributed by atoms with Crippen LogP contribution in [0.2, 0.25) is 0 Å². The smallest absolute Gasteiger partial charge is 0.326 e. The molecular weight excluding hydrogens is 470 g/mol. The number of primary amides is 1. The minimum absolute atomic E-state index is 0.0505. The molecular formula is C20H29N5O8S. The molecule has 0 saturated heterocycles. The normalized spacial score (nSPS) is 15.2. The Morgan fingerprint density at radius 3 is 2.00 bits per heavy atom. The van der Waals surface area contributed by atoms with E-state index < -0.39 is 66.3 Å². The Bertz CT molecular complexity index is 895. The van der Waals surface area contributed by atoms with Gasteiger partial charge in [-0.1, -0.05) is 12.1 Å². The second kappa shape index (κ2) is 13.4. The van der Waals surface area contributed by atoms with Crippen LogP contribution < -0.4 is 27.4 Å². The Hall–Kier alpha value is -3.36. The van der Waals surface area contributed by atoms with E-state index in [4.69, 9.17) is 16.6 Å². The Balaban J connectivity index is 2.80. The molecule has 13 nitrogen and oxygen atoms in total. The zero-order valence-corrected chi connectivity index (χ0v) is 19.2. The number of carbonyl (C=O) groups excluding carboxylic acids is 4. The highest BCUT2D eigenvalue weighted by Gasteiger charge is 2.32. The van der Waals surface area contributed by atoms with Crippen LogP contribution in [0.1, 0.15) is 18.9 Å². The highest BCUT2D eigenvalue weighted by Crippen LogP contribution is 2.11. The van der Waals surface area contributed by atoms with E-state index in [1.807, 2.05) is 5.32 Å². The maximum Gasteiger partial charge on any atom is 0.326 e. The molecule has 0 aliphatic rings. The molecule has 0 aromatic heterocycles. The lowest BCUT2D eigenvalue weighted by atomic mass is 10.1. The molecule has 5 atom stereocenters. The van der Waals surface area contributed by atoms with Gasteiger partial charge in [-0.2, -0.15) is 12.6 Å². The van der Waals surface area contributed by atoms with Crippen molar-refractivity contribution < 1.29 is 39.3 Å². The molecule has 0 aliphatic carbocycles. The zero-order chi connectivity index (χ0) is 26.0. The van der Waals surface area contributed by atoms with Crippen LogP contribution in [-0.4, -0.2) is 80.9 Å². The van der Waals surface area contributed by atoms with Crippen molar-refractivity contribution in [1.29, 1.82) is 0 Å². The summed E-state index contributed by atoms with van der Waals surface area (Å²) < 4.78 is 0. The standard InChI is InChI=1S/C20H29N5O8S/c1-9(26)16(19(31)23-13(20(32)33)7-15(22)28)25-18(30)14(8-34)24-17(29)12(21)6-10-2-4-11(27)5-3-10/h2-5,9,12-14,16,26-27,34H,6-8,21H2,1H3,(H2,22,28)(H,23,31)(H,24,29)(H,25,30)(H,32,33). The van der Waals surface area contributed by atoms with Gasteiger partial charge in [0.05, 0.1) is 18.6 Å². The predicted octanol–water partition coefficient (Wildman–Crippen LogP) is -3.01. The van der Waals surface area contributed by atoms with Crippen molar-refractivity contribution in [3.8, 4) is 5.75 Å². The van der Waals surface area contributed by atoms with Crippen LogP contribution in [0, 0.1) is 0 Å². The van der Waals surface area contributed by atoms with Crippen LogP contribution in [-0.2, 0) is 30.4 Å². The average molecular weight is 500 g/mol. The van der Waals surface area contributed by atoms with Crippen LogP contribution in [0.5, 0.6) is 5.75 Å². The van der Waals surface area contributed by atoms with Gasteiger partial charge >= 0.3 is 5.97 Å². The molecule has 0 heterocycles. The van der Waals surface area contributed by atoms with Gasteiger partial charge in [-0.15, -0.1) is 0 Å². The van der Waals surface area contributed by atoms with Gasteiger partial charge in [0.25, 0.3) is 0 Å². The van der Waals surface area contributed by atoms with E-state index in [1.165, 1.54) is 19.1 Å². The number of aliphatic carboxylic acids is 1. The Kier molecular flexibility index (Phi) is 11.3. The first-order valence-electron chi connectivity index (χ1n) is 10.1. The third kappa shape index (κ3) is 9.25. The molecule has 4 amide bonds. The zero-order valence-electron chi connectivity index (χ0n) is 18.3. The lowest BCUT2D eigenvalue weighted by Crippen LogP contribution is -2.60. The Morgan fingerprint density at radius 2 is 1.53 bits per heavy atom. The summed E-state index contributed by atoms with van der Waals surface area (Å²) >= 11 is 4.02. The molecule has 5 unspecified atom stereocenters. The Labute approximate surface area is 200 Å². The lowest BCUT2D eigenvalue weighted by molar-refractivity contribution is -0.144. The first kappa shape index (κ1) is 28.7. The van der Waals surface area contributed by atoms with Crippen molar-refractivity contribution in [2.45, 2.75) is 50.0 Å². The van der Waals surface area contributed by atoms with E-state index >= 15 is 0 Å². The monoisotopic (exact) mass is 499 g/mol. The number of thiol groups is 1. The number of nitrogens with two attached hydrogens (primary N) is 2. The number of carbonyl (C=O) groups is 5. The third-order valence-electron chi connectivity index (χ3n) is 4.63. The number of carboxylic acids is 1. The van der Waals surface area contributed by atoms with Crippen molar-refractivity contribution in [3.63, 3.8) is 0 Å². The van der Waals surface area contributed by atoms with Crippen molar-refractivity contribution in [1.82, 2.24) is 16.0 Å². The van der Waals surface area contributed by atoms with Gasteiger partial charge in [-0.3, -0.25) is 19.2 Å². The van der Waals surface area contributed by atoms with Gasteiger partial charge in [-0.25, -0.2) is 4.79 Å². The molecule has 0 bridgehead atoms.